The molecule has 1 aromatic rings. The minimum atomic E-state index is -0.143. The van der Waals surface area contributed by atoms with E-state index in [2.05, 4.69) is 16.7 Å². The number of hydrogen-bond acceptors (Lipinski definition) is 2. The van der Waals surface area contributed by atoms with Gasteiger partial charge in [0.25, 0.3) is 0 Å². The lowest BCUT2D eigenvalue weighted by molar-refractivity contribution is 0.0772. The van der Waals surface area contributed by atoms with Crippen molar-refractivity contribution >= 4 is 0 Å². The van der Waals surface area contributed by atoms with E-state index in [1.807, 2.05) is 12.1 Å². The Morgan fingerprint density at radius 3 is 2.79 bits per heavy atom. The van der Waals surface area contributed by atoms with Crippen LogP contribution < -0.4 is 0 Å². The standard InChI is InChI=1S/C16H23FN2/c1-13(11-14-4-6-15(17)7-5-14)19-10-9-18-8-2-3-16(18)12-19/h4-7,13,16H,2-3,8-12H2,1H3. The Morgan fingerprint density at radius 2 is 2.00 bits per heavy atom. The first kappa shape index (κ1) is 13.1. The molecule has 2 heterocycles. The van der Waals surface area contributed by atoms with Crippen molar-refractivity contribution in [2.45, 2.75) is 38.3 Å². The second kappa shape index (κ2) is 5.59. The van der Waals surface area contributed by atoms with Gasteiger partial charge in [-0.3, -0.25) is 9.80 Å². The molecule has 2 fully saturated rings. The molecule has 2 aliphatic heterocycles. The molecule has 0 aromatic heterocycles. The van der Waals surface area contributed by atoms with E-state index in [1.54, 1.807) is 12.1 Å². The van der Waals surface area contributed by atoms with Crippen molar-refractivity contribution in [2.24, 2.45) is 0 Å². The molecule has 19 heavy (non-hydrogen) atoms. The topological polar surface area (TPSA) is 6.48 Å². The molecule has 0 saturated carbocycles. The molecule has 0 bridgehead atoms. The van der Waals surface area contributed by atoms with E-state index in [9.17, 15) is 4.39 Å². The van der Waals surface area contributed by atoms with Crippen LogP contribution in [0.25, 0.3) is 0 Å². The fourth-order valence-corrected chi connectivity index (χ4v) is 3.51. The summed E-state index contributed by atoms with van der Waals surface area (Å²) in [6.45, 7) is 7.21. The molecule has 0 spiro atoms. The fraction of sp³-hybridized carbons (Fsp3) is 0.625. The maximum atomic E-state index is 12.9. The van der Waals surface area contributed by atoms with Crippen molar-refractivity contribution < 1.29 is 4.39 Å². The van der Waals surface area contributed by atoms with Crippen LogP contribution >= 0.6 is 0 Å². The molecular formula is C16H23FN2. The SMILES string of the molecule is CC(Cc1ccc(F)cc1)N1CCN2CCCC2C1. The first-order valence-corrected chi connectivity index (χ1v) is 7.45. The second-order valence-corrected chi connectivity index (χ2v) is 6.01. The molecule has 0 N–H and O–H groups in total. The molecule has 3 rings (SSSR count). The minimum Gasteiger partial charge on any atom is -0.298 e. The number of fused-ring (bicyclic) bond motifs is 1. The monoisotopic (exact) mass is 262 g/mol. The smallest absolute Gasteiger partial charge is 0.123 e. The molecule has 2 aliphatic rings. The molecule has 104 valence electrons. The largest absolute Gasteiger partial charge is 0.298 e. The van der Waals surface area contributed by atoms with E-state index in [0.717, 1.165) is 12.5 Å². The zero-order valence-corrected chi connectivity index (χ0v) is 11.7. The molecule has 2 atom stereocenters. The van der Waals surface area contributed by atoms with Crippen molar-refractivity contribution in [1.29, 1.82) is 0 Å². The van der Waals surface area contributed by atoms with Gasteiger partial charge in [-0.2, -0.15) is 0 Å². The summed E-state index contributed by atoms with van der Waals surface area (Å²) in [5.41, 5.74) is 1.24. The molecule has 1 aromatic carbocycles. The Bertz CT molecular complexity index is 417. The summed E-state index contributed by atoms with van der Waals surface area (Å²) in [5.74, 6) is -0.143. The zero-order chi connectivity index (χ0) is 13.2. The van der Waals surface area contributed by atoms with Gasteiger partial charge in [-0.05, 0) is 50.4 Å². The third-order valence-electron chi connectivity index (χ3n) is 4.69. The Morgan fingerprint density at radius 1 is 1.21 bits per heavy atom. The Labute approximate surface area is 115 Å². The van der Waals surface area contributed by atoms with Crippen molar-refractivity contribution in [1.82, 2.24) is 9.80 Å². The molecule has 0 radical (unpaired) electrons. The number of hydrogen-bond donors (Lipinski definition) is 0. The predicted molar refractivity (Wildman–Crippen MR) is 75.7 cm³/mol. The van der Waals surface area contributed by atoms with Gasteiger partial charge in [-0.1, -0.05) is 12.1 Å². The summed E-state index contributed by atoms with van der Waals surface area (Å²) < 4.78 is 12.9. The van der Waals surface area contributed by atoms with Crippen molar-refractivity contribution in [3.63, 3.8) is 0 Å². The highest BCUT2D eigenvalue weighted by atomic mass is 19.1. The number of halogens is 1. The van der Waals surface area contributed by atoms with Crippen molar-refractivity contribution in [3.8, 4) is 0 Å². The van der Waals surface area contributed by atoms with Crippen LogP contribution in [0.2, 0.25) is 0 Å². The summed E-state index contributed by atoms with van der Waals surface area (Å²) in [6, 6.07) is 8.29. The quantitative estimate of drug-likeness (QED) is 0.826. The molecule has 2 saturated heterocycles. The molecule has 2 nitrogen and oxygen atoms in total. The highest BCUT2D eigenvalue weighted by Gasteiger charge is 2.32. The number of piperazine rings is 1. The van der Waals surface area contributed by atoms with E-state index in [0.29, 0.717) is 6.04 Å². The van der Waals surface area contributed by atoms with Crippen LogP contribution in [-0.2, 0) is 6.42 Å². The summed E-state index contributed by atoms with van der Waals surface area (Å²) >= 11 is 0. The van der Waals surface area contributed by atoms with Crippen LogP contribution in [0.5, 0.6) is 0 Å². The summed E-state index contributed by atoms with van der Waals surface area (Å²) in [7, 11) is 0. The van der Waals surface area contributed by atoms with Gasteiger partial charge >= 0.3 is 0 Å². The van der Waals surface area contributed by atoms with Crippen LogP contribution in [0.1, 0.15) is 25.3 Å². The maximum Gasteiger partial charge on any atom is 0.123 e. The van der Waals surface area contributed by atoms with E-state index >= 15 is 0 Å². The highest BCUT2D eigenvalue weighted by Crippen LogP contribution is 2.23. The zero-order valence-electron chi connectivity index (χ0n) is 11.7. The summed E-state index contributed by atoms with van der Waals surface area (Å²) in [5, 5.41) is 0. The lowest BCUT2D eigenvalue weighted by Gasteiger charge is -2.40. The normalized spacial score (nSPS) is 26.3. The van der Waals surface area contributed by atoms with Gasteiger partial charge in [0.2, 0.25) is 0 Å². The molecule has 3 heteroatoms. The Hall–Kier alpha value is -0.930. The molecular weight excluding hydrogens is 239 g/mol. The average molecular weight is 262 g/mol. The fourth-order valence-electron chi connectivity index (χ4n) is 3.51. The number of nitrogens with zero attached hydrogens (tertiary/aromatic N) is 2. The van der Waals surface area contributed by atoms with Crippen LogP contribution in [0, 0.1) is 5.82 Å². The van der Waals surface area contributed by atoms with Crippen LogP contribution in [-0.4, -0.2) is 48.1 Å². The minimum absolute atomic E-state index is 0.143. The van der Waals surface area contributed by atoms with E-state index in [4.69, 9.17) is 0 Å². The van der Waals surface area contributed by atoms with Gasteiger partial charge < -0.3 is 0 Å². The second-order valence-electron chi connectivity index (χ2n) is 6.01. The predicted octanol–water partition coefficient (Wildman–Crippen LogP) is 2.54. The van der Waals surface area contributed by atoms with Crippen LogP contribution in [0.3, 0.4) is 0 Å². The van der Waals surface area contributed by atoms with Crippen LogP contribution in [0.15, 0.2) is 24.3 Å². The van der Waals surface area contributed by atoms with Gasteiger partial charge in [0, 0.05) is 31.7 Å². The summed E-state index contributed by atoms with van der Waals surface area (Å²) in [6.07, 6.45) is 3.75. The number of rotatable bonds is 3. The summed E-state index contributed by atoms with van der Waals surface area (Å²) in [4.78, 5) is 5.25. The van der Waals surface area contributed by atoms with Crippen molar-refractivity contribution in [2.75, 3.05) is 26.2 Å². The third-order valence-corrected chi connectivity index (χ3v) is 4.69. The van der Waals surface area contributed by atoms with Gasteiger partial charge in [0.1, 0.15) is 5.82 Å². The molecule has 2 unspecified atom stereocenters. The molecule has 0 amide bonds. The van der Waals surface area contributed by atoms with Gasteiger partial charge in [-0.15, -0.1) is 0 Å². The number of benzene rings is 1. The highest BCUT2D eigenvalue weighted by molar-refractivity contribution is 5.17. The van der Waals surface area contributed by atoms with Gasteiger partial charge in [0.15, 0.2) is 0 Å². The third kappa shape index (κ3) is 2.98. The van der Waals surface area contributed by atoms with E-state index < -0.39 is 0 Å². The van der Waals surface area contributed by atoms with Crippen LogP contribution in [0.4, 0.5) is 4.39 Å². The van der Waals surface area contributed by atoms with Gasteiger partial charge in [0.05, 0.1) is 0 Å². The van der Waals surface area contributed by atoms with E-state index in [-0.39, 0.29) is 5.82 Å². The van der Waals surface area contributed by atoms with Crippen molar-refractivity contribution in [3.05, 3.63) is 35.6 Å². The lowest BCUT2D eigenvalue weighted by Crippen LogP contribution is -2.53. The maximum absolute atomic E-state index is 12.9. The Balaban J connectivity index is 1.58. The average Bonchev–Trinajstić information content (AvgIpc) is 2.88. The first-order chi connectivity index (χ1) is 9.22. The van der Waals surface area contributed by atoms with Gasteiger partial charge in [-0.25, -0.2) is 4.39 Å². The first-order valence-electron chi connectivity index (χ1n) is 7.45. The van der Waals surface area contributed by atoms with E-state index in [1.165, 1.54) is 44.6 Å². The lowest BCUT2D eigenvalue weighted by atomic mass is 10.0. The molecule has 0 aliphatic carbocycles. The Kier molecular flexibility index (Phi) is 3.85.